The normalized spacial score (nSPS) is 26.3. The summed E-state index contributed by atoms with van der Waals surface area (Å²) in [5, 5.41) is 5.26. The minimum atomic E-state index is -0.0146. The van der Waals surface area contributed by atoms with Gasteiger partial charge in [0.1, 0.15) is 5.69 Å². The summed E-state index contributed by atoms with van der Waals surface area (Å²) in [4.78, 5) is 15.8. The molecule has 2 N–H and O–H groups in total. The maximum Gasteiger partial charge on any atom is 0.267 e. The van der Waals surface area contributed by atoms with Gasteiger partial charge in [0, 0.05) is 31.3 Å². The van der Waals surface area contributed by atoms with Crippen LogP contribution < -0.4 is 5.32 Å². The zero-order valence-corrected chi connectivity index (χ0v) is 14.1. The highest BCUT2D eigenvalue weighted by Crippen LogP contribution is 2.50. The van der Waals surface area contributed by atoms with E-state index in [4.69, 9.17) is 9.47 Å². The fraction of sp³-hybridized carbons (Fsp3) is 0.588. The van der Waals surface area contributed by atoms with Crippen molar-refractivity contribution in [3.63, 3.8) is 0 Å². The van der Waals surface area contributed by atoms with Gasteiger partial charge in [0.05, 0.1) is 16.3 Å². The van der Waals surface area contributed by atoms with Crippen LogP contribution >= 0.6 is 11.3 Å². The molecule has 1 amide bonds. The van der Waals surface area contributed by atoms with Crippen LogP contribution in [0.4, 0.5) is 0 Å². The molecule has 2 aliphatic rings. The lowest BCUT2D eigenvalue weighted by Gasteiger charge is -2.57. The Balaban J connectivity index is 1.49. The summed E-state index contributed by atoms with van der Waals surface area (Å²) in [6, 6.07) is 4.12. The van der Waals surface area contributed by atoms with E-state index >= 15 is 0 Å². The highest BCUT2D eigenvalue weighted by molar-refractivity contribution is 7.17. The second kappa shape index (κ2) is 5.92. The Morgan fingerprint density at radius 1 is 1.52 bits per heavy atom. The Kier molecular flexibility index (Phi) is 3.91. The number of carbonyl (C=O) groups is 1. The Morgan fingerprint density at radius 3 is 3.09 bits per heavy atom. The van der Waals surface area contributed by atoms with Crippen LogP contribution in [-0.4, -0.2) is 42.9 Å². The topological polar surface area (TPSA) is 63.3 Å². The third-order valence-corrected chi connectivity index (χ3v) is 6.23. The molecule has 5 nitrogen and oxygen atoms in total. The van der Waals surface area contributed by atoms with Gasteiger partial charge in [-0.1, -0.05) is 0 Å². The van der Waals surface area contributed by atoms with Gasteiger partial charge in [0.25, 0.3) is 5.91 Å². The molecule has 2 atom stereocenters. The Labute approximate surface area is 139 Å². The molecule has 1 aliphatic heterocycles. The third-order valence-electron chi connectivity index (χ3n) is 5.37. The molecule has 1 saturated heterocycles. The van der Waals surface area contributed by atoms with E-state index in [9.17, 15) is 4.79 Å². The molecule has 0 bridgehead atoms. The first kappa shape index (κ1) is 15.2. The number of thiophene rings is 1. The molecule has 124 valence electrons. The lowest BCUT2D eigenvalue weighted by Crippen LogP contribution is -2.66. The summed E-state index contributed by atoms with van der Waals surface area (Å²) < 4.78 is 12.6. The molecular formula is C17H22N2O3S. The summed E-state index contributed by atoms with van der Waals surface area (Å²) in [6.45, 7) is 4.27. The largest absolute Gasteiger partial charge is 0.381 e. The maximum atomic E-state index is 12.6. The van der Waals surface area contributed by atoms with Crippen molar-refractivity contribution in [2.24, 2.45) is 5.41 Å². The van der Waals surface area contributed by atoms with E-state index < -0.39 is 0 Å². The van der Waals surface area contributed by atoms with Gasteiger partial charge in [-0.15, -0.1) is 11.3 Å². The minimum absolute atomic E-state index is 0.0146. The third kappa shape index (κ3) is 2.49. The Hall–Kier alpha value is -1.37. The Bertz CT molecular complexity index is 673. The van der Waals surface area contributed by atoms with Crippen molar-refractivity contribution in [2.45, 2.75) is 38.3 Å². The number of hydrogen-bond acceptors (Lipinski definition) is 4. The molecular weight excluding hydrogens is 312 g/mol. The number of H-pyrrole nitrogens is 1. The predicted octanol–water partition coefficient (Wildman–Crippen LogP) is 2.93. The number of fused-ring (bicyclic) bond motifs is 1. The number of aromatic amines is 1. The average molecular weight is 334 g/mol. The van der Waals surface area contributed by atoms with Gasteiger partial charge in [0.15, 0.2) is 0 Å². The average Bonchev–Trinajstić information content (AvgIpc) is 3.16. The molecule has 1 aliphatic carbocycles. The second-order valence-corrected chi connectivity index (χ2v) is 7.38. The van der Waals surface area contributed by atoms with Crippen LogP contribution in [-0.2, 0) is 9.47 Å². The van der Waals surface area contributed by atoms with Gasteiger partial charge in [-0.05, 0) is 43.7 Å². The van der Waals surface area contributed by atoms with E-state index in [2.05, 4.69) is 10.3 Å². The lowest BCUT2D eigenvalue weighted by molar-refractivity contribution is -0.170. The van der Waals surface area contributed by atoms with Crippen LogP contribution in [0.5, 0.6) is 0 Å². The molecule has 1 saturated carbocycles. The summed E-state index contributed by atoms with van der Waals surface area (Å²) in [5.41, 5.74) is 1.73. The first-order valence-corrected chi connectivity index (χ1v) is 9.17. The van der Waals surface area contributed by atoms with E-state index in [1.807, 2.05) is 24.4 Å². The minimum Gasteiger partial charge on any atom is -0.381 e. The van der Waals surface area contributed by atoms with Crippen LogP contribution in [0.1, 0.15) is 36.7 Å². The molecule has 0 radical (unpaired) electrons. The van der Waals surface area contributed by atoms with Crippen molar-refractivity contribution >= 4 is 27.5 Å². The summed E-state index contributed by atoms with van der Waals surface area (Å²) >= 11 is 1.64. The molecule has 0 unspecified atom stereocenters. The van der Waals surface area contributed by atoms with Gasteiger partial charge in [0.2, 0.25) is 0 Å². The summed E-state index contributed by atoms with van der Waals surface area (Å²) in [5.74, 6) is -0.0146. The van der Waals surface area contributed by atoms with E-state index in [1.165, 1.54) is 0 Å². The second-order valence-electron chi connectivity index (χ2n) is 6.43. The first-order valence-electron chi connectivity index (χ1n) is 8.29. The SMILES string of the molecule is CCO[C@H]1C[C@@H](NC(=O)c2cc3sccc3[nH]2)C12CCOCC2. The fourth-order valence-electron chi connectivity index (χ4n) is 4.01. The van der Waals surface area contributed by atoms with Crippen molar-refractivity contribution in [3.05, 3.63) is 23.2 Å². The number of carbonyl (C=O) groups excluding carboxylic acids is 1. The molecule has 0 aromatic carbocycles. The maximum absolute atomic E-state index is 12.6. The zero-order chi connectivity index (χ0) is 15.9. The number of nitrogens with one attached hydrogen (secondary N) is 2. The zero-order valence-electron chi connectivity index (χ0n) is 13.3. The standard InChI is InChI=1S/C17H22N2O3S/c1-2-22-15-10-14(17(15)4-6-21-7-5-17)19-16(20)12-9-13-11(18-12)3-8-23-13/h3,8-9,14-15,18H,2,4-7,10H2,1H3,(H,19,20)/t14-,15+/m1/s1. The molecule has 1 spiro atoms. The number of ether oxygens (including phenoxy) is 2. The number of aromatic nitrogens is 1. The van der Waals surface area contributed by atoms with Crippen LogP contribution in [0, 0.1) is 5.41 Å². The molecule has 3 heterocycles. The molecule has 6 heteroatoms. The number of amides is 1. The van der Waals surface area contributed by atoms with Crippen LogP contribution in [0.2, 0.25) is 0 Å². The lowest BCUT2D eigenvalue weighted by atomic mass is 9.57. The molecule has 23 heavy (non-hydrogen) atoms. The Morgan fingerprint density at radius 2 is 2.35 bits per heavy atom. The predicted molar refractivity (Wildman–Crippen MR) is 89.9 cm³/mol. The van der Waals surface area contributed by atoms with Crippen molar-refractivity contribution in [1.29, 1.82) is 0 Å². The number of rotatable bonds is 4. The van der Waals surface area contributed by atoms with Crippen molar-refractivity contribution in [3.8, 4) is 0 Å². The molecule has 2 fully saturated rings. The van der Waals surface area contributed by atoms with Gasteiger partial charge in [-0.25, -0.2) is 0 Å². The van der Waals surface area contributed by atoms with Crippen molar-refractivity contribution < 1.29 is 14.3 Å². The van der Waals surface area contributed by atoms with Gasteiger partial charge < -0.3 is 19.8 Å². The van der Waals surface area contributed by atoms with Crippen LogP contribution in [0.25, 0.3) is 10.2 Å². The van der Waals surface area contributed by atoms with E-state index in [1.54, 1.807) is 11.3 Å². The summed E-state index contributed by atoms with van der Waals surface area (Å²) in [6.07, 6.45) is 3.06. The fourth-order valence-corrected chi connectivity index (χ4v) is 4.80. The van der Waals surface area contributed by atoms with Crippen LogP contribution in [0.3, 0.4) is 0 Å². The quantitative estimate of drug-likeness (QED) is 0.903. The monoisotopic (exact) mass is 334 g/mol. The number of hydrogen-bond donors (Lipinski definition) is 2. The van der Waals surface area contributed by atoms with Crippen molar-refractivity contribution in [1.82, 2.24) is 10.3 Å². The highest BCUT2D eigenvalue weighted by Gasteiger charge is 2.56. The molecule has 4 rings (SSSR count). The first-order chi connectivity index (χ1) is 11.2. The van der Waals surface area contributed by atoms with Gasteiger partial charge >= 0.3 is 0 Å². The molecule has 2 aromatic rings. The van der Waals surface area contributed by atoms with Crippen molar-refractivity contribution in [2.75, 3.05) is 19.8 Å². The smallest absolute Gasteiger partial charge is 0.267 e. The van der Waals surface area contributed by atoms with Gasteiger partial charge in [-0.3, -0.25) is 4.79 Å². The van der Waals surface area contributed by atoms with E-state index in [0.717, 1.165) is 49.3 Å². The van der Waals surface area contributed by atoms with Crippen LogP contribution in [0.15, 0.2) is 17.5 Å². The summed E-state index contributed by atoms with van der Waals surface area (Å²) in [7, 11) is 0. The van der Waals surface area contributed by atoms with E-state index in [0.29, 0.717) is 5.69 Å². The highest BCUT2D eigenvalue weighted by atomic mass is 32.1. The van der Waals surface area contributed by atoms with Gasteiger partial charge in [-0.2, -0.15) is 0 Å². The van der Waals surface area contributed by atoms with E-state index in [-0.39, 0.29) is 23.5 Å². The molecule has 2 aromatic heterocycles.